The Hall–Kier alpha value is -4.82. The van der Waals surface area contributed by atoms with Crippen molar-refractivity contribution in [1.82, 2.24) is 9.55 Å². The molecule has 1 aromatic heterocycles. The van der Waals surface area contributed by atoms with Crippen molar-refractivity contribution in [2.45, 2.75) is 30.1 Å². The van der Waals surface area contributed by atoms with E-state index in [1.807, 2.05) is 78.9 Å². The maximum Gasteiger partial charge on any atom is 0.330 e. The Morgan fingerprint density at radius 1 is 0.905 bits per heavy atom. The summed E-state index contributed by atoms with van der Waals surface area (Å²) in [5.41, 5.74) is -0.0811. The van der Waals surface area contributed by atoms with Crippen LogP contribution in [-0.2, 0) is 19.8 Å². The number of nitrogens with zero attached hydrogens (tertiary/aromatic N) is 1. The van der Waals surface area contributed by atoms with E-state index < -0.39 is 41.4 Å². The highest BCUT2D eigenvalue weighted by molar-refractivity contribution is 5.49. The third-order valence-electron chi connectivity index (χ3n) is 7.28. The first kappa shape index (κ1) is 28.7. The number of benzene rings is 3. The minimum Gasteiger partial charge on any atom is -0.497 e. The third-order valence-corrected chi connectivity index (χ3v) is 7.28. The molecule has 0 bridgehead atoms. The van der Waals surface area contributed by atoms with E-state index in [2.05, 4.69) is 11.1 Å². The molecular formula is C32H30N2O8. The fourth-order valence-corrected chi connectivity index (χ4v) is 5.19. The largest absolute Gasteiger partial charge is 0.497 e. The summed E-state index contributed by atoms with van der Waals surface area (Å²) in [5, 5.41) is 11.3. The molecule has 4 unspecified atom stereocenters. The topological polar surface area (TPSA) is 121 Å². The zero-order chi connectivity index (χ0) is 29.7. The summed E-state index contributed by atoms with van der Waals surface area (Å²) in [7, 11) is 3.19. The predicted octanol–water partition coefficient (Wildman–Crippen LogP) is 2.80. The molecule has 42 heavy (non-hydrogen) atoms. The number of aromatic nitrogens is 2. The lowest BCUT2D eigenvalue weighted by molar-refractivity contribution is -0.0958. The van der Waals surface area contributed by atoms with Gasteiger partial charge in [-0.1, -0.05) is 61.0 Å². The molecule has 2 N–H and O–H groups in total. The van der Waals surface area contributed by atoms with E-state index in [0.29, 0.717) is 11.5 Å². The van der Waals surface area contributed by atoms with Gasteiger partial charge in [-0.2, -0.15) is 0 Å². The second kappa shape index (κ2) is 12.4. The second-order valence-corrected chi connectivity index (χ2v) is 9.59. The van der Waals surface area contributed by atoms with Crippen LogP contribution in [0.1, 0.15) is 22.9 Å². The molecule has 0 amide bonds. The van der Waals surface area contributed by atoms with Crippen LogP contribution in [0.5, 0.6) is 11.5 Å². The fourth-order valence-electron chi connectivity index (χ4n) is 5.19. The van der Waals surface area contributed by atoms with Crippen LogP contribution in [-0.4, -0.2) is 53.8 Å². The number of nitrogens with one attached hydrogen (secondary N) is 1. The van der Waals surface area contributed by atoms with Gasteiger partial charge in [-0.3, -0.25) is 14.3 Å². The zero-order valence-electron chi connectivity index (χ0n) is 23.0. The molecular weight excluding hydrogens is 540 g/mol. The van der Waals surface area contributed by atoms with Crippen molar-refractivity contribution in [3.05, 3.63) is 129 Å². The minimum atomic E-state index is -1.27. The van der Waals surface area contributed by atoms with Crippen molar-refractivity contribution in [2.75, 3.05) is 20.8 Å². The molecule has 10 heteroatoms. The highest BCUT2D eigenvalue weighted by Crippen LogP contribution is 2.43. The molecule has 0 aliphatic carbocycles. The first-order chi connectivity index (χ1) is 20.4. The van der Waals surface area contributed by atoms with E-state index in [4.69, 9.17) is 30.1 Å². The molecule has 4 atom stereocenters. The number of rotatable bonds is 10. The maximum absolute atomic E-state index is 12.6. The van der Waals surface area contributed by atoms with Gasteiger partial charge >= 0.3 is 5.69 Å². The number of H-pyrrole nitrogens is 1. The Morgan fingerprint density at radius 3 is 2.00 bits per heavy atom. The fraction of sp³-hybridized carbons (Fsp3) is 0.250. The molecule has 0 saturated carbocycles. The number of ether oxygens (including phenoxy) is 5. The van der Waals surface area contributed by atoms with Crippen LogP contribution in [0.4, 0.5) is 0 Å². The monoisotopic (exact) mass is 570 g/mol. The highest BCUT2D eigenvalue weighted by Gasteiger charge is 2.48. The van der Waals surface area contributed by atoms with Gasteiger partial charge in [-0.15, -0.1) is 0 Å². The van der Waals surface area contributed by atoms with E-state index in [9.17, 15) is 14.7 Å². The summed E-state index contributed by atoms with van der Waals surface area (Å²) in [4.78, 5) is 26.4. The van der Waals surface area contributed by atoms with Crippen molar-refractivity contribution < 1.29 is 28.8 Å². The Kier molecular flexibility index (Phi) is 8.45. The smallest absolute Gasteiger partial charge is 0.330 e. The second-order valence-electron chi connectivity index (χ2n) is 9.59. The molecule has 5 rings (SSSR count). The number of aliphatic hydroxyl groups excluding tert-OH is 1. The maximum atomic E-state index is 12.6. The van der Waals surface area contributed by atoms with Gasteiger partial charge in [0, 0.05) is 12.3 Å². The lowest BCUT2D eigenvalue weighted by atomic mass is 9.80. The summed E-state index contributed by atoms with van der Waals surface area (Å²) in [6.07, 6.45) is 4.26. The summed E-state index contributed by atoms with van der Waals surface area (Å²) in [6, 6.07) is 25.8. The molecule has 1 aliphatic rings. The molecule has 3 aromatic carbocycles. The van der Waals surface area contributed by atoms with Gasteiger partial charge in [-0.05, 0) is 41.0 Å². The van der Waals surface area contributed by atoms with Crippen LogP contribution >= 0.6 is 0 Å². The Morgan fingerprint density at radius 2 is 1.48 bits per heavy atom. The summed E-state index contributed by atoms with van der Waals surface area (Å²) >= 11 is 0. The van der Waals surface area contributed by atoms with Gasteiger partial charge in [0.2, 0.25) is 0 Å². The zero-order valence-corrected chi connectivity index (χ0v) is 23.0. The van der Waals surface area contributed by atoms with E-state index in [1.54, 1.807) is 14.2 Å². The van der Waals surface area contributed by atoms with Crippen LogP contribution in [0.15, 0.2) is 101 Å². The van der Waals surface area contributed by atoms with Crippen molar-refractivity contribution in [1.29, 1.82) is 0 Å². The minimum absolute atomic E-state index is 0.132. The predicted molar refractivity (Wildman–Crippen MR) is 153 cm³/mol. The first-order valence-corrected chi connectivity index (χ1v) is 13.2. The van der Waals surface area contributed by atoms with E-state index in [0.717, 1.165) is 21.3 Å². The van der Waals surface area contributed by atoms with Crippen LogP contribution in [0.25, 0.3) is 0 Å². The van der Waals surface area contributed by atoms with Crippen LogP contribution < -0.4 is 20.7 Å². The Bertz CT molecular complexity index is 1590. The van der Waals surface area contributed by atoms with Gasteiger partial charge in [-0.25, -0.2) is 4.79 Å². The number of hydrogen-bond acceptors (Lipinski definition) is 8. The average molecular weight is 571 g/mol. The van der Waals surface area contributed by atoms with Gasteiger partial charge in [0.25, 0.3) is 5.56 Å². The molecule has 1 fully saturated rings. The molecule has 2 heterocycles. The molecule has 1 saturated heterocycles. The van der Waals surface area contributed by atoms with Crippen LogP contribution in [0.2, 0.25) is 0 Å². The summed E-state index contributed by atoms with van der Waals surface area (Å²) in [5.74, 6) is 1.35. The summed E-state index contributed by atoms with van der Waals surface area (Å²) < 4.78 is 30.2. The average Bonchev–Trinajstić information content (AvgIpc) is 3.33. The number of terminal acetylenes is 1. The van der Waals surface area contributed by atoms with Crippen molar-refractivity contribution in [3.8, 4) is 24.0 Å². The molecule has 0 radical (unpaired) electrons. The molecule has 4 aromatic rings. The lowest BCUT2D eigenvalue weighted by Crippen LogP contribution is -2.40. The quantitative estimate of drug-likeness (QED) is 0.221. The third kappa shape index (κ3) is 5.41. The number of methoxy groups -OCH3 is 2. The van der Waals surface area contributed by atoms with Gasteiger partial charge in [0.05, 0.1) is 20.8 Å². The van der Waals surface area contributed by atoms with E-state index >= 15 is 0 Å². The number of aliphatic hydroxyl groups is 1. The van der Waals surface area contributed by atoms with Crippen molar-refractivity contribution in [2.24, 2.45) is 0 Å². The van der Waals surface area contributed by atoms with Gasteiger partial charge in [0.15, 0.2) is 12.3 Å². The van der Waals surface area contributed by atoms with E-state index in [-0.39, 0.29) is 6.61 Å². The highest BCUT2D eigenvalue weighted by atomic mass is 16.6. The number of hydrogen-bond donors (Lipinski definition) is 2. The SMILES string of the molecule is C#COC1C(O)C(COC(c2ccccc2)(c2ccc(OC)cc2)c2ccc(OC)cc2)OC1n1ccc(=O)[nH]c1=O. The standard InChI is InChI=1S/C32H30N2O8/c1-4-40-29-28(36)26(42-30(29)34-19-18-27(35)33-31(34)37)20-41-32(21-8-6-5-7-9-21,22-10-14-24(38-2)15-11-22)23-12-16-25(39-3)17-13-23/h1,5-19,26,28-30,36H,20H2,2-3H3,(H,33,35,37). The Balaban J connectivity index is 1.58. The van der Waals surface area contributed by atoms with E-state index in [1.165, 1.54) is 12.3 Å². The first-order valence-electron chi connectivity index (χ1n) is 13.2. The number of aromatic amines is 1. The van der Waals surface area contributed by atoms with Gasteiger partial charge in [0.1, 0.15) is 35.4 Å². The lowest BCUT2D eigenvalue weighted by Gasteiger charge is -2.37. The molecule has 216 valence electrons. The molecule has 10 nitrogen and oxygen atoms in total. The molecule has 1 aliphatic heterocycles. The van der Waals surface area contributed by atoms with Crippen LogP contribution in [0.3, 0.4) is 0 Å². The molecule has 0 spiro atoms. The van der Waals surface area contributed by atoms with Crippen molar-refractivity contribution in [3.63, 3.8) is 0 Å². The summed E-state index contributed by atoms with van der Waals surface area (Å²) in [6.45, 7) is -0.132. The Labute approximate surface area is 242 Å². The van der Waals surface area contributed by atoms with Gasteiger partial charge < -0.3 is 28.8 Å². The van der Waals surface area contributed by atoms with Crippen molar-refractivity contribution >= 4 is 0 Å². The normalized spacial score (nSPS) is 20.0. The van der Waals surface area contributed by atoms with Crippen LogP contribution in [0, 0.1) is 12.5 Å².